The molecule has 0 aliphatic carbocycles. The Kier molecular flexibility index (Phi) is 7.59. The Labute approximate surface area is 158 Å². The van der Waals surface area contributed by atoms with E-state index in [1.54, 1.807) is 24.4 Å². The van der Waals surface area contributed by atoms with E-state index >= 15 is 0 Å². The molecule has 0 saturated carbocycles. The Morgan fingerprint density at radius 2 is 2.17 bits per heavy atom. The molecular weight excluding hydrogens is 369 g/mol. The van der Waals surface area contributed by atoms with Gasteiger partial charge in [-0.2, -0.15) is 0 Å². The van der Waals surface area contributed by atoms with Crippen LogP contribution < -0.4 is 10.1 Å². The maximum absolute atomic E-state index is 6.13. The summed E-state index contributed by atoms with van der Waals surface area (Å²) in [6, 6.07) is 9.71. The van der Waals surface area contributed by atoms with Crippen LogP contribution in [0.2, 0.25) is 10.0 Å². The third-order valence-electron chi connectivity index (χ3n) is 3.95. The van der Waals surface area contributed by atoms with E-state index in [1.807, 2.05) is 12.3 Å². The number of hydrogen-bond donors (Lipinski definition) is 1. The highest BCUT2D eigenvalue weighted by molar-refractivity contribution is 6.35. The van der Waals surface area contributed by atoms with Crippen LogP contribution in [0.15, 0.2) is 42.7 Å². The largest absolute Gasteiger partial charge is 0.491 e. The molecule has 4 nitrogen and oxygen atoms in total. The van der Waals surface area contributed by atoms with Gasteiger partial charge in [0.25, 0.3) is 0 Å². The van der Waals surface area contributed by atoms with Crippen LogP contribution in [0, 0.1) is 0 Å². The molecular formula is C17H20Cl3N3O. The summed E-state index contributed by atoms with van der Waals surface area (Å²) in [4.78, 5) is 6.64. The minimum atomic E-state index is 0. The van der Waals surface area contributed by atoms with E-state index < -0.39 is 0 Å². The van der Waals surface area contributed by atoms with Crippen molar-refractivity contribution in [3.63, 3.8) is 0 Å². The second-order valence-corrected chi connectivity index (χ2v) is 6.31. The Balaban J connectivity index is 0.00000208. The molecule has 0 spiro atoms. The first-order chi connectivity index (χ1) is 11.2. The molecule has 1 aromatic carbocycles. The number of aromatic nitrogens is 1. The topological polar surface area (TPSA) is 37.4 Å². The summed E-state index contributed by atoms with van der Waals surface area (Å²) >= 11 is 12.0. The molecule has 0 radical (unpaired) electrons. The van der Waals surface area contributed by atoms with E-state index in [0.717, 1.165) is 26.2 Å². The Morgan fingerprint density at radius 3 is 2.92 bits per heavy atom. The van der Waals surface area contributed by atoms with Gasteiger partial charge in [-0.15, -0.1) is 12.4 Å². The molecule has 1 aliphatic rings. The molecule has 130 valence electrons. The fourth-order valence-electron chi connectivity index (χ4n) is 2.78. The van der Waals surface area contributed by atoms with Crippen molar-refractivity contribution in [3.05, 3.63) is 58.3 Å². The van der Waals surface area contributed by atoms with Crippen molar-refractivity contribution in [1.29, 1.82) is 0 Å². The maximum atomic E-state index is 6.13. The third kappa shape index (κ3) is 4.98. The average molecular weight is 389 g/mol. The van der Waals surface area contributed by atoms with Gasteiger partial charge in [0.2, 0.25) is 0 Å². The first kappa shape index (κ1) is 19.3. The number of pyridine rings is 1. The molecule has 3 rings (SSSR count). The SMILES string of the molecule is Cl.Clc1ccc(OCCN2CCNCC2c2cccnc2)c(Cl)c1. The second kappa shape index (κ2) is 9.44. The van der Waals surface area contributed by atoms with E-state index in [4.69, 9.17) is 27.9 Å². The van der Waals surface area contributed by atoms with E-state index in [9.17, 15) is 0 Å². The van der Waals surface area contributed by atoms with Crippen LogP contribution in [0.4, 0.5) is 0 Å². The van der Waals surface area contributed by atoms with Gasteiger partial charge in [-0.3, -0.25) is 9.88 Å². The highest BCUT2D eigenvalue weighted by Gasteiger charge is 2.23. The Bertz CT molecular complexity index is 642. The van der Waals surface area contributed by atoms with Gasteiger partial charge in [0.15, 0.2) is 0 Å². The summed E-state index contributed by atoms with van der Waals surface area (Å²) in [5.74, 6) is 0.670. The van der Waals surface area contributed by atoms with Gasteiger partial charge in [-0.1, -0.05) is 29.3 Å². The summed E-state index contributed by atoms with van der Waals surface area (Å²) < 4.78 is 5.81. The molecule has 1 saturated heterocycles. The highest BCUT2D eigenvalue weighted by Crippen LogP contribution is 2.28. The van der Waals surface area contributed by atoms with Crippen LogP contribution in [-0.2, 0) is 0 Å². The number of nitrogens with one attached hydrogen (secondary N) is 1. The van der Waals surface area contributed by atoms with Gasteiger partial charge >= 0.3 is 0 Å². The maximum Gasteiger partial charge on any atom is 0.138 e. The predicted octanol–water partition coefficient (Wildman–Crippen LogP) is 3.84. The number of benzene rings is 1. The molecule has 1 fully saturated rings. The lowest BCUT2D eigenvalue weighted by Gasteiger charge is -2.36. The number of ether oxygens (including phenoxy) is 1. The average Bonchev–Trinajstić information content (AvgIpc) is 2.58. The second-order valence-electron chi connectivity index (χ2n) is 5.47. The molecule has 2 heterocycles. The van der Waals surface area contributed by atoms with Crippen LogP contribution >= 0.6 is 35.6 Å². The summed E-state index contributed by atoms with van der Waals surface area (Å²) in [7, 11) is 0. The first-order valence-corrected chi connectivity index (χ1v) is 8.42. The lowest BCUT2D eigenvalue weighted by atomic mass is 10.1. The van der Waals surface area contributed by atoms with Crippen LogP contribution in [0.1, 0.15) is 11.6 Å². The van der Waals surface area contributed by atoms with Crippen LogP contribution in [0.3, 0.4) is 0 Å². The highest BCUT2D eigenvalue weighted by atomic mass is 35.5. The van der Waals surface area contributed by atoms with E-state index in [0.29, 0.717) is 28.4 Å². The van der Waals surface area contributed by atoms with Crippen molar-refractivity contribution in [3.8, 4) is 5.75 Å². The number of hydrogen-bond acceptors (Lipinski definition) is 4. The third-order valence-corrected chi connectivity index (χ3v) is 4.48. The number of nitrogens with zero attached hydrogens (tertiary/aromatic N) is 2. The van der Waals surface area contributed by atoms with Crippen molar-refractivity contribution >= 4 is 35.6 Å². The van der Waals surface area contributed by atoms with Crippen molar-refractivity contribution in [2.45, 2.75) is 6.04 Å². The monoisotopic (exact) mass is 387 g/mol. The van der Waals surface area contributed by atoms with Gasteiger partial charge in [0, 0.05) is 49.6 Å². The van der Waals surface area contributed by atoms with Crippen LogP contribution in [-0.4, -0.2) is 42.7 Å². The van der Waals surface area contributed by atoms with E-state index in [-0.39, 0.29) is 12.4 Å². The number of rotatable bonds is 5. The van der Waals surface area contributed by atoms with Crippen molar-refractivity contribution in [2.24, 2.45) is 0 Å². The zero-order valence-corrected chi connectivity index (χ0v) is 15.4. The van der Waals surface area contributed by atoms with Gasteiger partial charge in [-0.05, 0) is 29.8 Å². The predicted molar refractivity (Wildman–Crippen MR) is 101 cm³/mol. The molecule has 1 aliphatic heterocycles. The minimum absolute atomic E-state index is 0. The summed E-state index contributed by atoms with van der Waals surface area (Å²) in [6.45, 7) is 4.31. The standard InChI is InChI=1S/C17H19Cl2N3O.ClH/c18-14-3-4-17(15(19)10-14)23-9-8-22-7-6-21-12-16(22)13-2-1-5-20-11-13;/h1-5,10-11,16,21H,6-9,12H2;1H. The van der Waals surface area contributed by atoms with E-state index in [1.165, 1.54) is 5.56 Å². The Morgan fingerprint density at radius 1 is 1.29 bits per heavy atom. The van der Waals surface area contributed by atoms with Crippen LogP contribution in [0.25, 0.3) is 0 Å². The minimum Gasteiger partial charge on any atom is -0.491 e. The summed E-state index contributed by atoms with van der Waals surface area (Å²) in [6.07, 6.45) is 3.73. The van der Waals surface area contributed by atoms with Gasteiger partial charge in [0.1, 0.15) is 12.4 Å². The van der Waals surface area contributed by atoms with Crippen molar-refractivity contribution < 1.29 is 4.74 Å². The summed E-state index contributed by atoms with van der Waals surface area (Å²) in [5.41, 5.74) is 1.23. The molecule has 1 aromatic heterocycles. The van der Waals surface area contributed by atoms with Crippen LogP contribution in [0.5, 0.6) is 5.75 Å². The molecule has 2 aromatic rings. The molecule has 0 bridgehead atoms. The quantitative estimate of drug-likeness (QED) is 0.844. The zero-order valence-electron chi connectivity index (χ0n) is 13.1. The molecule has 7 heteroatoms. The van der Waals surface area contributed by atoms with E-state index in [2.05, 4.69) is 21.3 Å². The normalized spacial score (nSPS) is 18.0. The number of piperazine rings is 1. The zero-order chi connectivity index (χ0) is 16.1. The molecule has 1 N–H and O–H groups in total. The first-order valence-electron chi connectivity index (χ1n) is 7.66. The van der Waals surface area contributed by atoms with Crippen molar-refractivity contribution in [1.82, 2.24) is 15.2 Å². The molecule has 1 unspecified atom stereocenters. The van der Waals surface area contributed by atoms with Gasteiger partial charge in [0.05, 0.1) is 5.02 Å². The fourth-order valence-corrected chi connectivity index (χ4v) is 3.24. The lowest BCUT2D eigenvalue weighted by molar-refractivity contribution is 0.134. The summed E-state index contributed by atoms with van der Waals surface area (Å²) in [5, 5.41) is 4.60. The number of halogens is 3. The molecule has 0 amide bonds. The molecule has 1 atom stereocenters. The fraction of sp³-hybridized carbons (Fsp3) is 0.353. The van der Waals surface area contributed by atoms with Gasteiger partial charge < -0.3 is 10.1 Å². The van der Waals surface area contributed by atoms with Crippen molar-refractivity contribution in [2.75, 3.05) is 32.8 Å². The lowest BCUT2D eigenvalue weighted by Crippen LogP contribution is -2.47. The van der Waals surface area contributed by atoms with Gasteiger partial charge in [-0.25, -0.2) is 0 Å². The Hall–Kier alpha value is -1.04. The molecule has 24 heavy (non-hydrogen) atoms. The smallest absolute Gasteiger partial charge is 0.138 e.